The number of hydrogen-bond donors (Lipinski definition) is 1. The lowest BCUT2D eigenvalue weighted by Crippen LogP contribution is -2.29. The lowest BCUT2D eigenvalue weighted by atomic mass is 9.80. The molecule has 0 amide bonds. The number of rotatable bonds is 3. The predicted octanol–water partition coefficient (Wildman–Crippen LogP) is 4.26. The van der Waals surface area contributed by atoms with E-state index in [4.69, 9.17) is 14.2 Å². The van der Waals surface area contributed by atoms with E-state index in [1.54, 1.807) is 14.2 Å². The lowest BCUT2D eigenvalue weighted by molar-refractivity contribution is 0.0826. The Labute approximate surface area is 142 Å². The van der Waals surface area contributed by atoms with E-state index in [0.717, 1.165) is 35.8 Å². The standard InChI is InChI=1S/C20H23NO3/c1-12-4-6-17-15(10-12)20-14(8-9-24-20)19(21-17)16-11-13(22-2)5-7-18(16)23-3/h4-7,10-11,14,19-21H,8-9H2,1-3H3/t14-,19-,20-/m0/s1. The second-order valence-corrected chi connectivity index (χ2v) is 6.56. The van der Waals surface area contributed by atoms with Crippen LogP contribution in [0.3, 0.4) is 0 Å². The van der Waals surface area contributed by atoms with Gasteiger partial charge >= 0.3 is 0 Å². The second-order valence-electron chi connectivity index (χ2n) is 6.56. The molecule has 1 N–H and O–H groups in total. The van der Waals surface area contributed by atoms with Crippen molar-refractivity contribution >= 4 is 5.69 Å². The topological polar surface area (TPSA) is 39.7 Å². The normalized spacial score (nSPS) is 24.7. The van der Waals surface area contributed by atoms with E-state index in [1.165, 1.54) is 11.1 Å². The van der Waals surface area contributed by atoms with Gasteiger partial charge in [-0.25, -0.2) is 0 Å². The van der Waals surface area contributed by atoms with Crippen molar-refractivity contribution in [1.29, 1.82) is 0 Å². The monoisotopic (exact) mass is 325 g/mol. The first-order valence-electron chi connectivity index (χ1n) is 8.42. The highest BCUT2D eigenvalue weighted by molar-refractivity contribution is 5.59. The summed E-state index contributed by atoms with van der Waals surface area (Å²) in [6.45, 7) is 2.93. The van der Waals surface area contributed by atoms with Crippen LogP contribution in [0.2, 0.25) is 0 Å². The van der Waals surface area contributed by atoms with Gasteiger partial charge in [-0.15, -0.1) is 0 Å². The highest BCUT2D eigenvalue weighted by Crippen LogP contribution is 2.51. The van der Waals surface area contributed by atoms with Crippen molar-refractivity contribution in [2.75, 3.05) is 26.1 Å². The Bertz CT molecular complexity index is 759. The van der Waals surface area contributed by atoms with Crippen molar-refractivity contribution in [3.8, 4) is 11.5 Å². The van der Waals surface area contributed by atoms with Crippen LogP contribution in [0.5, 0.6) is 11.5 Å². The van der Waals surface area contributed by atoms with E-state index in [2.05, 4.69) is 36.5 Å². The van der Waals surface area contributed by atoms with Gasteiger partial charge in [-0.05, 0) is 37.6 Å². The molecule has 0 saturated carbocycles. The zero-order valence-corrected chi connectivity index (χ0v) is 14.3. The average Bonchev–Trinajstić information content (AvgIpc) is 3.10. The molecule has 2 aliphatic rings. The van der Waals surface area contributed by atoms with E-state index in [9.17, 15) is 0 Å². The number of nitrogens with one attached hydrogen (secondary N) is 1. The van der Waals surface area contributed by atoms with Crippen LogP contribution in [0.25, 0.3) is 0 Å². The summed E-state index contributed by atoms with van der Waals surface area (Å²) >= 11 is 0. The lowest BCUT2D eigenvalue weighted by Gasteiger charge is -2.37. The molecule has 4 heteroatoms. The van der Waals surface area contributed by atoms with Crippen molar-refractivity contribution in [1.82, 2.24) is 0 Å². The molecule has 126 valence electrons. The molecule has 1 saturated heterocycles. The van der Waals surface area contributed by atoms with Gasteiger partial charge in [0.2, 0.25) is 0 Å². The van der Waals surface area contributed by atoms with Crippen molar-refractivity contribution in [3.63, 3.8) is 0 Å². The van der Waals surface area contributed by atoms with Crippen LogP contribution in [0.15, 0.2) is 36.4 Å². The van der Waals surface area contributed by atoms with Gasteiger partial charge in [-0.1, -0.05) is 17.7 Å². The van der Waals surface area contributed by atoms with Gasteiger partial charge in [0.1, 0.15) is 11.5 Å². The number of hydrogen-bond acceptors (Lipinski definition) is 4. The first-order valence-corrected chi connectivity index (χ1v) is 8.42. The molecule has 4 nitrogen and oxygen atoms in total. The number of fused-ring (bicyclic) bond motifs is 3. The van der Waals surface area contributed by atoms with E-state index < -0.39 is 0 Å². The highest BCUT2D eigenvalue weighted by atomic mass is 16.5. The molecule has 2 aromatic rings. The Balaban J connectivity index is 1.81. The summed E-state index contributed by atoms with van der Waals surface area (Å²) in [7, 11) is 3.41. The first-order chi connectivity index (χ1) is 11.7. The molecule has 0 bridgehead atoms. The van der Waals surface area contributed by atoms with Gasteiger partial charge in [-0.2, -0.15) is 0 Å². The largest absolute Gasteiger partial charge is 0.497 e. The van der Waals surface area contributed by atoms with Gasteiger partial charge in [-0.3, -0.25) is 0 Å². The molecule has 0 spiro atoms. The third-order valence-electron chi connectivity index (χ3n) is 5.16. The van der Waals surface area contributed by atoms with Crippen molar-refractivity contribution < 1.29 is 14.2 Å². The van der Waals surface area contributed by atoms with Crippen LogP contribution in [-0.2, 0) is 4.74 Å². The summed E-state index contributed by atoms with van der Waals surface area (Å²) in [6, 6.07) is 12.7. The maximum Gasteiger partial charge on any atom is 0.124 e. The van der Waals surface area contributed by atoms with Crippen molar-refractivity contribution in [2.24, 2.45) is 5.92 Å². The van der Waals surface area contributed by atoms with E-state index >= 15 is 0 Å². The number of aryl methyl sites for hydroxylation is 1. The Morgan fingerprint density at radius 3 is 2.71 bits per heavy atom. The smallest absolute Gasteiger partial charge is 0.124 e. The second kappa shape index (κ2) is 6.02. The zero-order valence-electron chi connectivity index (χ0n) is 14.3. The van der Waals surface area contributed by atoms with Gasteiger partial charge in [0.15, 0.2) is 0 Å². The molecular weight excluding hydrogens is 302 g/mol. The highest BCUT2D eigenvalue weighted by Gasteiger charge is 2.42. The third-order valence-corrected chi connectivity index (χ3v) is 5.16. The molecule has 24 heavy (non-hydrogen) atoms. The minimum absolute atomic E-state index is 0.141. The van der Waals surface area contributed by atoms with E-state index in [0.29, 0.717) is 5.92 Å². The Morgan fingerprint density at radius 2 is 1.92 bits per heavy atom. The van der Waals surface area contributed by atoms with Crippen molar-refractivity contribution in [2.45, 2.75) is 25.5 Å². The SMILES string of the molecule is COc1ccc(OC)c([C@H]2Nc3ccc(C)cc3[C@H]3OCC[C@@H]23)c1. The summed E-state index contributed by atoms with van der Waals surface area (Å²) in [6.07, 6.45) is 1.18. The van der Waals surface area contributed by atoms with Crippen LogP contribution in [0, 0.1) is 12.8 Å². The summed E-state index contributed by atoms with van der Waals surface area (Å²) in [5.74, 6) is 2.12. The van der Waals surface area contributed by atoms with Gasteiger partial charge in [0.25, 0.3) is 0 Å². The van der Waals surface area contributed by atoms with Gasteiger partial charge < -0.3 is 19.5 Å². The number of ether oxygens (including phenoxy) is 3. The minimum atomic E-state index is 0.141. The maximum atomic E-state index is 6.11. The molecule has 0 aliphatic carbocycles. The molecule has 0 aromatic heterocycles. The van der Waals surface area contributed by atoms with E-state index in [-0.39, 0.29) is 12.1 Å². The molecular formula is C20H23NO3. The molecule has 2 heterocycles. The number of methoxy groups -OCH3 is 2. The third kappa shape index (κ3) is 2.42. The maximum absolute atomic E-state index is 6.11. The Kier molecular flexibility index (Phi) is 3.85. The fraction of sp³-hybridized carbons (Fsp3) is 0.400. The van der Waals surface area contributed by atoms with Crippen LogP contribution in [0.1, 0.15) is 35.3 Å². The fourth-order valence-corrected chi connectivity index (χ4v) is 3.98. The van der Waals surface area contributed by atoms with Crippen LogP contribution in [0.4, 0.5) is 5.69 Å². The van der Waals surface area contributed by atoms with Gasteiger partial charge in [0.05, 0.1) is 26.4 Å². The molecule has 0 unspecified atom stereocenters. The fourth-order valence-electron chi connectivity index (χ4n) is 3.98. The van der Waals surface area contributed by atoms with Crippen LogP contribution < -0.4 is 14.8 Å². The average molecular weight is 325 g/mol. The molecule has 2 aromatic carbocycles. The molecule has 2 aliphatic heterocycles. The number of anilines is 1. The zero-order chi connectivity index (χ0) is 16.7. The quantitative estimate of drug-likeness (QED) is 0.915. The molecule has 4 rings (SSSR count). The van der Waals surface area contributed by atoms with Gasteiger partial charge in [0, 0.05) is 29.3 Å². The predicted molar refractivity (Wildman–Crippen MR) is 93.9 cm³/mol. The van der Waals surface area contributed by atoms with E-state index in [1.807, 2.05) is 12.1 Å². The summed E-state index contributed by atoms with van der Waals surface area (Å²) in [5.41, 5.74) is 4.82. The number of benzene rings is 2. The first kappa shape index (κ1) is 15.3. The van der Waals surface area contributed by atoms with Crippen LogP contribution >= 0.6 is 0 Å². The van der Waals surface area contributed by atoms with Crippen LogP contribution in [-0.4, -0.2) is 20.8 Å². The van der Waals surface area contributed by atoms with Crippen molar-refractivity contribution in [3.05, 3.63) is 53.1 Å². The minimum Gasteiger partial charge on any atom is -0.497 e. The summed E-state index contributed by atoms with van der Waals surface area (Å²) in [4.78, 5) is 0. The summed E-state index contributed by atoms with van der Waals surface area (Å²) < 4.78 is 17.2. The molecule has 1 fully saturated rings. The Morgan fingerprint density at radius 1 is 1.04 bits per heavy atom. The molecule has 3 atom stereocenters. The summed E-state index contributed by atoms with van der Waals surface area (Å²) in [5, 5.41) is 3.72. The molecule has 0 radical (unpaired) electrons. The Hall–Kier alpha value is -2.20.